The minimum absolute atomic E-state index is 0.0710. The third-order valence-electron chi connectivity index (χ3n) is 11.0. The van der Waals surface area contributed by atoms with E-state index in [2.05, 4.69) is 36.3 Å². The van der Waals surface area contributed by atoms with E-state index in [9.17, 15) is 14.4 Å². The van der Waals surface area contributed by atoms with Gasteiger partial charge in [0.2, 0.25) is 11.8 Å². The van der Waals surface area contributed by atoms with Crippen LogP contribution < -0.4 is 10.6 Å². The highest BCUT2D eigenvalue weighted by atomic mass is 16.2. The number of nitrogens with zero attached hydrogens (tertiary/aromatic N) is 1. The topological polar surface area (TPSA) is 78.5 Å². The number of amides is 3. The van der Waals surface area contributed by atoms with Crippen LogP contribution in [-0.2, 0) is 9.59 Å². The second-order valence-corrected chi connectivity index (χ2v) is 12.7. The van der Waals surface area contributed by atoms with E-state index in [0.29, 0.717) is 47.4 Å². The van der Waals surface area contributed by atoms with Crippen molar-refractivity contribution in [3.8, 4) is 0 Å². The van der Waals surface area contributed by atoms with Crippen LogP contribution in [-0.4, -0.2) is 41.8 Å². The molecule has 6 heteroatoms. The van der Waals surface area contributed by atoms with Gasteiger partial charge in [0.25, 0.3) is 5.91 Å². The summed E-state index contributed by atoms with van der Waals surface area (Å²) >= 11 is 0. The Morgan fingerprint density at radius 2 is 1.78 bits per heavy atom. The fraction of sp³-hybridized carbons (Fsp3) is 0.700. The number of rotatable bonds is 4. The van der Waals surface area contributed by atoms with Crippen LogP contribution >= 0.6 is 0 Å². The summed E-state index contributed by atoms with van der Waals surface area (Å²) in [4.78, 5) is 39.1. The molecule has 0 bridgehead atoms. The number of anilines is 1. The Bertz CT molecular complexity index is 1060. The number of likely N-dealkylation sites (tertiary alicyclic amines) is 1. The first-order valence-corrected chi connectivity index (χ1v) is 14.0. The van der Waals surface area contributed by atoms with E-state index in [4.69, 9.17) is 0 Å². The van der Waals surface area contributed by atoms with Gasteiger partial charge in [-0.2, -0.15) is 0 Å². The average Bonchev–Trinajstić information content (AvgIpc) is 3.19. The highest BCUT2D eigenvalue weighted by molar-refractivity contribution is 5.96. The number of hydrogen-bond acceptors (Lipinski definition) is 3. The number of fused-ring (bicyclic) bond motifs is 5. The molecule has 4 fully saturated rings. The summed E-state index contributed by atoms with van der Waals surface area (Å²) in [6, 6.07) is 7.66. The van der Waals surface area contributed by atoms with Crippen LogP contribution in [0.5, 0.6) is 0 Å². The molecule has 1 aromatic carbocycles. The first kappa shape index (κ1) is 25.3. The molecule has 1 unspecified atom stereocenters. The Morgan fingerprint density at radius 3 is 2.53 bits per heavy atom. The van der Waals surface area contributed by atoms with Gasteiger partial charge >= 0.3 is 0 Å². The molecule has 1 saturated heterocycles. The molecule has 196 valence electrons. The van der Waals surface area contributed by atoms with E-state index in [1.54, 1.807) is 12.1 Å². The molecule has 1 aromatic rings. The van der Waals surface area contributed by atoms with Crippen molar-refractivity contribution in [2.75, 3.05) is 12.4 Å². The minimum atomic E-state index is -0.143. The largest absolute Gasteiger partial charge is 0.349 e. The maximum absolute atomic E-state index is 13.1. The van der Waals surface area contributed by atoms with Crippen LogP contribution in [0.2, 0.25) is 0 Å². The lowest BCUT2D eigenvalue weighted by Gasteiger charge is -2.62. The van der Waals surface area contributed by atoms with Gasteiger partial charge in [-0.05, 0) is 105 Å². The van der Waals surface area contributed by atoms with Gasteiger partial charge in [0.15, 0.2) is 0 Å². The zero-order valence-corrected chi connectivity index (χ0v) is 22.6. The molecule has 0 radical (unpaired) electrons. The van der Waals surface area contributed by atoms with Crippen molar-refractivity contribution in [3.05, 3.63) is 29.8 Å². The zero-order valence-electron chi connectivity index (χ0n) is 22.6. The Labute approximate surface area is 216 Å². The molecule has 6 nitrogen and oxygen atoms in total. The van der Waals surface area contributed by atoms with Crippen molar-refractivity contribution in [3.63, 3.8) is 0 Å². The summed E-state index contributed by atoms with van der Waals surface area (Å²) in [6.45, 7) is 8.63. The van der Waals surface area contributed by atoms with Gasteiger partial charge in [0, 0.05) is 43.7 Å². The molecule has 0 aromatic heterocycles. The van der Waals surface area contributed by atoms with Crippen LogP contribution in [0.4, 0.5) is 5.69 Å². The van der Waals surface area contributed by atoms with Crippen molar-refractivity contribution in [1.82, 2.24) is 10.2 Å². The summed E-state index contributed by atoms with van der Waals surface area (Å²) < 4.78 is 0. The lowest BCUT2D eigenvalue weighted by molar-refractivity contribution is -0.158. The fourth-order valence-electron chi connectivity index (χ4n) is 9.34. The van der Waals surface area contributed by atoms with E-state index >= 15 is 0 Å². The van der Waals surface area contributed by atoms with Crippen LogP contribution in [0, 0.1) is 34.5 Å². The van der Waals surface area contributed by atoms with Gasteiger partial charge in [-0.25, -0.2) is 0 Å². The van der Waals surface area contributed by atoms with E-state index < -0.39 is 0 Å². The SMILES string of the molecule is CC(=O)Nc1cccc(C(=O)NC(C)[C@H]2CC[C@H]3[C@@H]4CC[C@H]5N(C)C(=O)CC[C@]5(C)[C@H]4CC[C@]23C)c1. The molecule has 8 atom stereocenters. The van der Waals surface area contributed by atoms with Gasteiger partial charge in [-0.15, -0.1) is 0 Å². The van der Waals surface area contributed by atoms with Crippen LogP contribution in [0.15, 0.2) is 24.3 Å². The quantitative estimate of drug-likeness (QED) is 0.602. The Kier molecular flexibility index (Phi) is 6.45. The predicted octanol–water partition coefficient (Wildman–Crippen LogP) is 5.24. The van der Waals surface area contributed by atoms with Crippen molar-refractivity contribution in [2.24, 2.45) is 34.5 Å². The van der Waals surface area contributed by atoms with Gasteiger partial charge in [-0.1, -0.05) is 19.9 Å². The van der Waals surface area contributed by atoms with Crippen LogP contribution in [0.3, 0.4) is 0 Å². The molecule has 2 N–H and O–H groups in total. The maximum Gasteiger partial charge on any atom is 0.251 e. The molecule has 3 saturated carbocycles. The van der Waals surface area contributed by atoms with E-state index in [1.807, 2.05) is 19.2 Å². The summed E-state index contributed by atoms with van der Waals surface area (Å²) in [5, 5.41) is 6.08. The lowest BCUT2D eigenvalue weighted by atomic mass is 9.46. The third-order valence-corrected chi connectivity index (χ3v) is 11.0. The highest BCUT2D eigenvalue weighted by Crippen LogP contribution is 2.66. The summed E-state index contributed by atoms with van der Waals surface area (Å²) in [6.07, 6.45) is 8.96. The number of carbonyl (C=O) groups is 3. The van der Waals surface area contributed by atoms with Crippen molar-refractivity contribution in [2.45, 2.75) is 91.1 Å². The van der Waals surface area contributed by atoms with E-state index in [0.717, 1.165) is 25.2 Å². The molecule has 36 heavy (non-hydrogen) atoms. The first-order valence-electron chi connectivity index (χ1n) is 14.0. The predicted molar refractivity (Wildman–Crippen MR) is 141 cm³/mol. The minimum Gasteiger partial charge on any atom is -0.349 e. The van der Waals surface area contributed by atoms with Gasteiger partial charge in [0.1, 0.15) is 0 Å². The normalized spacial score (nSPS) is 38.4. The molecular weight excluding hydrogens is 450 g/mol. The Hall–Kier alpha value is -2.37. The zero-order chi connectivity index (χ0) is 25.8. The van der Waals surface area contributed by atoms with Crippen LogP contribution in [0.25, 0.3) is 0 Å². The van der Waals surface area contributed by atoms with Crippen LogP contribution in [0.1, 0.15) is 89.4 Å². The molecule has 1 heterocycles. The second kappa shape index (κ2) is 9.18. The van der Waals surface area contributed by atoms with Gasteiger partial charge in [0.05, 0.1) is 0 Å². The Balaban J connectivity index is 1.29. The number of benzene rings is 1. The molecule has 3 aliphatic carbocycles. The average molecular weight is 494 g/mol. The number of carbonyl (C=O) groups excluding carboxylic acids is 3. The molecule has 5 rings (SSSR count). The molecule has 3 amide bonds. The fourth-order valence-corrected chi connectivity index (χ4v) is 9.34. The van der Waals surface area contributed by atoms with Gasteiger partial charge in [-0.3, -0.25) is 14.4 Å². The van der Waals surface area contributed by atoms with E-state index in [-0.39, 0.29) is 28.7 Å². The Morgan fingerprint density at radius 1 is 1.03 bits per heavy atom. The lowest BCUT2D eigenvalue weighted by Crippen LogP contribution is -2.61. The van der Waals surface area contributed by atoms with Crippen molar-refractivity contribution in [1.29, 1.82) is 0 Å². The van der Waals surface area contributed by atoms with E-state index in [1.165, 1.54) is 32.6 Å². The highest BCUT2D eigenvalue weighted by Gasteiger charge is 2.61. The molecular formula is C30H43N3O3. The maximum atomic E-state index is 13.1. The second-order valence-electron chi connectivity index (χ2n) is 12.7. The van der Waals surface area contributed by atoms with Gasteiger partial charge < -0.3 is 15.5 Å². The summed E-state index contributed by atoms with van der Waals surface area (Å²) in [5.41, 5.74) is 1.71. The third kappa shape index (κ3) is 4.05. The monoisotopic (exact) mass is 493 g/mol. The number of hydrogen-bond donors (Lipinski definition) is 2. The smallest absolute Gasteiger partial charge is 0.251 e. The molecule has 0 spiro atoms. The standard InChI is InChI=1S/C30H43N3O3/c1-18(31-28(36)20-7-6-8-21(17-20)32-19(2)34)23-10-11-24-22-9-12-26-30(4,16-14-27(35)33(26)5)25(22)13-15-29(23,24)3/h6-8,17-18,22-26H,9-16H2,1-5H3,(H,31,36)(H,32,34)/t18?,22-,23+,24-,25-,26+,29+,30+/m0/s1. The van der Waals surface area contributed by atoms with Crippen molar-refractivity contribution < 1.29 is 14.4 Å². The summed E-state index contributed by atoms with van der Waals surface area (Å²) in [7, 11) is 2.03. The first-order chi connectivity index (χ1) is 17.0. The van der Waals surface area contributed by atoms with Crippen molar-refractivity contribution >= 4 is 23.4 Å². The summed E-state index contributed by atoms with van der Waals surface area (Å²) in [5.74, 6) is 2.70. The number of piperidine rings is 1. The molecule has 4 aliphatic rings. The number of nitrogens with one attached hydrogen (secondary N) is 2. The molecule has 1 aliphatic heterocycles.